The van der Waals surface area contributed by atoms with Crippen molar-refractivity contribution in [2.75, 3.05) is 24.7 Å². The molecule has 34 heavy (non-hydrogen) atoms. The van der Waals surface area contributed by atoms with E-state index in [9.17, 15) is 9.59 Å². The molecule has 7 heteroatoms. The molecule has 0 bridgehead atoms. The van der Waals surface area contributed by atoms with Crippen molar-refractivity contribution in [2.45, 2.75) is 14.4 Å². The van der Waals surface area contributed by atoms with Crippen molar-refractivity contribution >= 4 is 34.2 Å². The van der Waals surface area contributed by atoms with Crippen molar-refractivity contribution in [3.63, 3.8) is 0 Å². The minimum absolute atomic E-state index is 0. The number of aryl methyl sites for hydroxylation is 1. The van der Waals surface area contributed by atoms with E-state index in [0.29, 0.717) is 22.9 Å². The number of urea groups is 1. The fourth-order valence-electron chi connectivity index (χ4n) is 3.26. The van der Waals surface area contributed by atoms with Gasteiger partial charge in [0.2, 0.25) is 0 Å². The zero-order chi connectivity index (χ0) is 23.4. The molecular weight excluding hydrogens is 428 g/mol. The second-order valence-electron chi connectivity index (χ2n) is 7.85. The standard InChI is InChI=1S/C26H24N4O3.CH4/c1-17-5-4-6-21(13-17)28-25(31)19-8-7-18-9-10-22(15-20(18)14-19)33-23-11-12-27-24(16-23)29-26(32)30(2)3;/h4-16H,1-3H3,(H,28,31)(H,27,29,32);1H4. The highest BCUT2D eigenvalue weighted by Gasteiger charge is 2.09. The van der Waals surface area contributed by atoms with Gasteiger partial charge in [0, 0.05) is 37.6 Å². The average Bonchev–Trinajstić information content (AvgIpc) is 2.78. The van der Waals surface area contributed by atoms with E-state index in [1.165, 1.54) is 4.90 Å². The number of amides is 3. The molecule has 4 aromatic rings. The maximum Gasteiger partial charge on any atom is 0.322 e. The lowest BCUT2D eigenvalue weighted by Gasteiger charge is -2.12. The summed E-state index contributed by atoms with van der Waals surface area (Å²) < 4.78 is 5.97. The van der Waals surface area contributed by atoms with Crippen LogP contribution in [-0.4, -0.2) is 35.9 Å². The van der Waals surface area contributed by atoms with Crippen LogP contribution in [0.5, 0.6) is 11.5 Å². The van der Waals surface area contributed by atoms with Crippen molar-refractivity contribution in [3.05, 3.63) is 90.1 Å². The Morgan fingerprint density at radius 2 is 1.62 bits per heavy atom. The topological polar surface area (TPSA) is 83.6 Å². The Hall–Kier alpha value is -4.39. The van der Waals surface area contributed by atoms with Crippen molar-refractivity contribution in [1.82, 2.24) is 9.88 Å². The van der Waals surface area contributed by atoms with Gasteiger partial charge in [-0.2, -0.15) is 0 Å². The molecule has 7 nitrogen and oxygen atoms in total. The number of hydrogen-bond acceptors (Lipinski definition) is 4. The van der Waals surface area contributed by atoms with Crippen LogP contribution in [0.3, 0.4) is 0 Å². The molecule has 0 saturated heterocycles. The van der Waals surface area contributed by atoms with Crippen LogP contribution in [0.2, 0.25) is 0 Å². The Bertz CT molecular complexity index is 1330. The Balaban J connectivity index is 0.00000324. The maximum absolute atomic E-state index is 12.7. The van der Waals surface area contributed by atoms with Crippen LogP contribution in [0.4, 0.5) is 16.3 Å². The second-order valence-corrected chi connectivity index (χ2v) is 7.85. The van der Waals surface area contributed by atoms with Crippen LogP contribution < -0.4 is 15.4 Å². The van der Waals surface area contributed by atoms with E-state index in [2.05, 4.69) is 15.6 Å². The molecule has 0 unspecified atom stereocenters. The van der Waals surface area contributed by atoms with Gasteiger partial charge in [-0.05, 0) is 65.7 Å². The third-order valence-corrected chi connectivity index (χ3v) is 4.96. The van der Waals surface area contributed by atoms with Gasteiger partial charge >= 0.3 is 6.03 Å². The van der Waals surface area contributed by atoms with E-state index >= 15 is 0 Å². The molecule has 1 heterocycles. The molecule has 174 valence electrons. The van der Waals surface area contributed by atoms with E-state index in [-0.39, 0.29) is 19.4 Å². The van der Waals surface area contributed by atoms with Crippen molar-refractivity contribution < 1.29 is 14.3 Å². The molecule has 3 aromatic carbocycles. The number of hydrogen-bond donors (Lipinski definition) is 2. The number of carbonyl (C=O) groups excluding carboxylic acids is 2. The third-order valence-electron chi connectivity index (χ3n) is 4.96. The number of aromatic nitrogens is 1. The van der Waals surface area contributed by atoms with Gasteiger partial charge < -0.3 is 15.0 Å². The van der Waals surface area contributed by atoms with Crippen LogP contribution in [0.1, 0.15) is 23.3 Å². The first-order valence-electron chi connectivity index (χ1n) is 10.4. The predicted molar refractivity (Wildman–Crippen MR) is 137 cm³/mol. The summed E-state index contributed by atoms with van der Waals surface area (Å²) in [5.41, 5.74) is 2.39. The molecule has 0 aliphatic heterocycles. The van der Waals surface area contributed by atoms with Gasteiger partial charge in [0.15, 0.2) is 0 Å². The number of nitrogens with zero attached hydrogens (tertiary/aromatic N) is 2. The SMILES string of the molecule is C.Cc1cccc(NC(=O)c2ccc3ccc(Oc4ccnc(NC(=O)N(C)C)c4)cc3c2)c1. The van der Waals surface area contributed by atoms with Gasteiger partial charge in [0.1, 0.15) is 17.3 Å². The predicted octanol–water partition coefficient (Wildman–Crippen LogP) is 6.32. The Morgan fingerprint density at radius 3 is 2.38 bits per heavy atom. The minimum Gasteiger partial charge on any atom is -0.457 e. The quantitative estimate of drug-likeness (QED) is 0.368. The van der Waals surface area contributed by atoms with E-state index < -0.39 is 0 Å². The van der Waals surface area contributed by atoms with E-state index in [4.69, 9.17) is 4.74 Å². The normalized spacial score (nSPS) is 10.2. The number of pyridine rings is 1. The fraction of sp³-hybridized carbons (Fsp3) is 0.148. The summed E-state index contributed by atoms with van der Waals surface area (Å²) in [6.07, 6.45) is 1.56. The van der Waals surface area contributed by atoms with Gasteiger partial charge in [-0.25, -0.2) is 9.78 Å². The number of benzene rings is 3. The molecule has 0 spiro atoms. The first-order chi connectivity index (χ1) is 15.9. The van der Waals surface area contributed by atoms with E-state index in [1.54, 1.807) is 38.5 Å². The maximum atomic E-state index is 12.7. The third kappa shape index (κ3) is 5.89. The number of carbonyl (C=O) groups is 2. The molecule has 3 amide bonds. The van der Waals surface area contributed by atoms with Gasteiger partial charge in [-0.15, -0.1) is 0 Å². The number of fused-ring (bicyclic) bond motifs is 1. The first-order valence-corrected chi connectivity index (χ1v) is 10.4. The van der Waals surface area contributed by atoms with Crippen LogP contribution in [0.25, 0.3) is 10.8 Å². The van der Waals surface area contributed by atoms with Crippen LogP contribution >= 0.6 is 0 Å². The summed E-state index contributed by atoms with van der Waals surface area (Å²) in [6, 6.07) is 22.0. The number of nitrogens with one attached hydrogen (secondary N) is 2. The van der Waals surface area contributed by atoms with Crippen molar-refractivity contribution in [3.8, 4) is 11.5 Å². The lowest BCUT2D eigenvalue weighted by molar-refractivity contribution is 0.102. The van der Waals surface area contributed by atoms with Crippen molar-refractivity contribution in [2.24, 2.45) is 0 Å². The first kappa shape index (κ1) is 24.3. The summed E-state index contributed by atoms with van der Waals surface area (Å²) in [5, 5.41) is 7.49. The largest absolute Gasteiger partial charge is 0.457 e. The highest BCUT2D eigenvalue weighted by Crippen LogP contribution is 2.27. The van der Waals surface area contributed by atoms with Crippen LogP contribution in [0.15, 0.2) is 79.0 Å². The molecule has 0 radical (unpaired) electrons. The minimum atomic E-state index is -0.276. The Labute approximate surface area is 199 Å². The van der Waals surface area contributed by atoms with Gasteiger partial charge in [0.25, 0.3) is 5.91 Å². The summed E-state index contributed by atoms with van der Waals surface area (Å²) in [5.74, 6) is 1.35. The smallest absolute Gasteiger partial charge is 0.322 e. The zero-order valence-corrected chi connectivity index (χ0v) is 18.6. The monoisotopic (exact) mass is 456 g/mol. The molecule has 0 aliphatic rings. The average molecular weight is 457 g/mol. The van der Waals surface area contributed by atoms with Crippen LogP contribution in [-0.2, 0) is 0 Å². The highest BCUT2D eigenvalue weighted by molar-refractivity contribution is 6.06. The van der Waals surface area contributed by atoms with E-state index in [0.717, 1.165) is 22.0 Å². The fourth-order valence-corrected chi connectivity index (χ4v) is 3.26. The van der Waals surface area contributed by atoms with Gasteiger partial charge in [-0.1, -0.05) is 31.7 Å². The summed E-state index contributed by atoms with van der Waals surface area (Å²) in [7, 11) is 3.31. The lowest BCUT2D eigenvalue weighted by Crippen LogP contribution is -2.27. The molecule has 0 saturated carbocycles. The molecule has 0 fully saturated rings. The zero-order valence-electron chi connectivity index (χ0n) is 18.6. The van der Waals surface area contributed by atoms with Crippen LogP contribution in [0, 0.1) is 6.92 Å². The molecule has 0 aliphatic carbocycles. The van der Waals surface area contributed by atoms with Gasteiger partial charge in [0.05, 0.1) is 0 Å². The lowest BCUT2D eigenvalue weighted by atomic mass is 10.1. The molecule has 4 rings (SSSR count). The number of anilines is 2. The van der Waals surface area contributed by atoms with Gasteiger partial charge in [-0.3, -0.25) is 10.1 Å². The highest BCUT2D eigenvalue weighted by atomic mass is 16.5. The summed E-state index contributed by atoms with van der Waals surface area (Å²) in [4.78, 5) is 30.1. The van der Waals surface area contributed by atoms with E-state index in [1.807, 2.05) is 61.5 Å². The second kappa shape index (κ2) is 10.5. The Kier molecular flexibility index (Phi) is 7.48. The number of rotatable bonds is 5. The summed E-state index contributed by atoms with van der Waals surface area (Å²) in [6.45, 7) is 1.98. The van der Waals surface area contributed by atoms with Crippen molar-refractivity contribution in [1.29, 1.82) is 0 Å². The molecule has 2 N–H and O–H groups in total. The molecular formula is C27H28N4O3. The number of ether oxygens (including phenoxy) is 1. The summed E-state index contributed by atoms with van der Waals surface area (Å²) >= 11 is 0. The molecule has 1 aromatic heterocycles. The molecule has 0 atom stereocenters. The Morgan fingerprint density at radius 1 is 0.853 bits per heavy atom.